The maximum atomic E-state index is 2.52. The van der Waals surface area contributed by atoms with Gasteiger partial charge in [-0.2, -0.15) is 0 Å². The quantitative estimate of drug-likeness (QED) is 0.161. The largest absolute Gasteiger partial charge is 0.310 e. The SMILES string of the molecule is CC1(C)C2=C(C=CCC2)C2(c3ccccc3-c3ccc(-c4cccc(-c5ccc(N(c6ccc(-c7ccccc7)cc6)c6ccc7c(c6)C(C)(C)c6ccccc6-7)cc5)c4)cc32)c2ccccc21. The molecule has 0 bridgehead atoms. The summed E-state index contributed by atoms with van der Waals surface area (Å²) in [6, 6.07) is 79.7. The Morgan fingerprint density at radius 2 is 0.824 bits per heavy atom. The molecular formula is C67H53N. The molecule has 0 fully saturated rings. The summed E-state index contributed by atoms with van der Waals surface area (Å²) in [5.41, 5.74) is 27.0. The lowest BCUT2D eigenvalue weighted by Crippen LogP contribution is -2.41. The molecule has 68 heavy (non-hydrogen) atoms. The Morgan fingerprint density at radius 1 is 0.338 bits per heavy atom. The van der Waals surface area contributed by atoms with Gasteiger partial charge >= 0.3 is 0 Å². The zero-order valence-electron chi connectivity index (χ0n) is 39.2. The van der Waals surface area contributed by atoms with Crippen LogP contribution >= 0.6 is 0 Å². The van der Waals surface area contributed by atoms with Crippen LogP contribution in [0.25, 0.3) is 55.6 Å². The van der Waals surface area contributed by atoms with Crippen molar-refractivity contribution in [1.29, 1.82) is 0 Å². The van der Waals surface area contributed by atoms with E-state index < -0.39 is 0 Å². The average molecular weight is 872 g/mol. The first kappa shape index (κ1) is 40.5. The highest BCUT2D eigenvalue weighted by Crippen LogP contribution is 2.64. The third kappa shape index (κ3) is 5.88. The Labute approximate surface area is 401 Å². The molecule has 1 nitrogen and oxygen atoms in total. The van der Waals surface area contributed by atoms with Crippen molar-refractivity contribution in [2.24, 2.45) is 0 Å². The van der Waals surface area contributed by atoms with Crippen molar-refractivity contribution in [1.82, 2.24) is 0 Å². The van der Waals surface area contributed by atoms with E-state index in [1.54, 1.807) is 5.57 Å². The second-order valence-corrected chi connectivity index (χ2v) is 20.3. The Bertz CT molecular complexity index is 3550. The molecule has 0 heterocycles. The number of hydrogen-bond donors (Lipinski definition) is 0. The fourth-order valence-corrected chi connectivity index (χ4v) is 12.8. The first-order valence-corrected chi connectivity index (χ1v) is 24.4. The lowest BCUT2D eigenvalue weighted by molar-refractivity contribution is 0.524. The third-order valence-corrected chi connectivity index (χ3v) is 16.1. The van der Waals surface area contributed by atoms with Gasteiger partial charge in [-0.25, -0.2) is 0 Å². The number of hydrogen-bond acceptors (Lipinski definition) is 1. The maximum Gasteiger partial charge on any atom is 0.0716 e. The lowest BCUT2D eigenvalue weighted by Gasteiger charge is -2.48. The van der Waals surface area contributed by atoms with Crippen molar-refractivity contribution in [2.75, 3.05) is 4.90 Å². The Morgan fingerprint density at radius 3 is 1.54 bits per heavy atom. The molecule has 0 aliphatic heterocycles. The summed E-state index contributed by atoms with van der Waals surface area (Å²) < 4.78 is 0. The van der Waals surface area contributed by atoms with Crippen molar-refractivity contribution >= 4 is 17.1 Å². The normalized spacial score (nSPS) is 17.5. The van der Waals surface area contributed by atoms with Gasteiger partial charge in [-0.1, -0.05) is 209 Å². The number of nitrogens with zero attached hydrogens (tertiary/aromatic N) is 1. The zero-order chi connectivity index (χ0) is 45.8. The summed E-state index contributed by atoms with van der Waals surface area (Å²) in [5.74, 6) is 0. The minimum atomic E-state index is -0.375. The summed E-state index contributed by atoms with van der Waals surface area (Å²) in [5, 5.41) is 0. The average Bonchev–Trinajstić information content (AvgIpc) is 3.81. The molecule has 1 unspecified atom stereocenters. The molecule has 0 saturated carbocycles. The van der Waals surface area contributed by atoms with Crippen LogP contribution in [0.1, 0.15) is 73.9 Å². The summed E-state index contributed by atoms with van der Waals surface area (Å²) >= 11 is 0. The third-order valence-electron chi connectivity index (χ3n) is 16.1. The number of rotatable bonds is 6. The first-order chi connectivity index (χ1) is 33.2. The second kappa shape index (κ2) is 15.1. The van der Waals surface area contributed by atoms with Gasteiger partial charge in [-0.3, -0.25) is 0 Å². The molecule has 0 radical (unpaired) electrons. The maximum absolute atomic E-state index is 2.52. The van der Waals surface area contributed by atoms with E-state index in [-0.39, 0.29) is 16.2 Å². The molecule has 4 aliphatic carbocycles. The molecule has 1 spiro atoms. The van der Waals surface area contributed by atoms with Gasteiger partial charge in [0.15, 0.2) is 0 Å². The molecular weight excluding hydrogens is 819 g/mol. The summed E-state index contributed by atoms with van der Waals surface area (Å²) in [7, 11) is 0. The number of anilines is 3. The van der Waals surface area contributed by atoms with Crippen LogP contribution in [-0.4, -0.2) is 0 Å². The van der Waals surface area contributed by atoms with Crippen molar-refractivity contribution in [3.8, 4) is 55.6 Å². The van der Waals surface area contributed by atoms with Gasteiger partial charge in [0.1, 0.15) is 0 Å². The molecule has 9 aromatic carbocycles. The predicted molar refractivity (Wildman–Crippen MR) is 285 cm³/mol. The van der Waals surface area contributed by atoms with Crippen LogP contribution in [-0.2, 0) is 16.2 Å². The van der Waals surface area contributed by atoms with Gasteiger partial charge in [0.05, 0.1) is 5.41 Å². The molecule has 1 heteroatoms. The van der Waals surface area contributed by atoms with E-state index in [2.05, 4.69) is 257 Å². The highest BCUT2D eigenvalue weighted by atomic mass is 15.1. The molecule has 4 aliphatic rings. The monoisotopic (exact) mass is 871 g/mol. The summed E-state index contributed by atoms with van der Waals surface area (Å²) in [4.78, 5) is 2.42. The topological polar surface area (TPSA) is 3.24 Å². The van der Waals surface area contributed by atoms with Crippen LogP contribution in [0.5, 0.6) is 0 Å². The smallest absolute Gasteiger partial charge is 0.0716 e. The molecule has 0 amide bonds. The Balaban J connectivity index is 0.895. The van der Waals surface area contributed by atoms with E-state index in [9.17, 15) is 0 Å². The van der Waals surface area contributed by atoms with Crippen molar-refractivity contribution in [3.05, 3.63) is 269 Å². The van der Waals surface area contributed by atoms with E-state index in [0.29, 0.717) is 0 Å². The van der Waals surface area contributed by atoms with Gasteiger partial charge in [-0.05, 0) is 156 Å². The van der Waals surface area contributed by atoms with Crippen LogP contribution in [0.3, 0.4) is 0 Å². The molecule has 1 atom stereocenters. The molecule has 9 aromatic rings. The van der Waals surface area contributed by atoms with Gasteiger partial charge in [0.25, 0.3) is 0 Å². The van der Waals surface area contributed by atoms with E-state index in [0.717, 1.165) is 29.9 Å². The van der Waals surface area contributed by atoms with Gasteiger partial charge in [-0.15, -0.1) is 0 Å². The number of allylic oxidation sites excluding steroid dienone is 4. The highest BCUT2D eigenvalue weighted by molar-refractivity contribution is 5.91. The Kier molecular flexibility index (Phi) is 9.02. The van der Waals surface area contributed by atoms with Crippen LogP contribution < -0.4 is 4.90 Å². The van der Waals surface area contributed by atoms with Crippen LogP contribution in [0.15, 0.2) is 236 Å². The van der Waals surface area contributed by atoms with Gasteiger partial charge in [0.2, 0.25) is 0 Å². The highest BCUT2D eigenvalue weighted by Gasteiger charge is 2.54. The fourth-order valence-electron chi connectivity index (χ4n) is 12.8. The van der Waals surface area contributed by atoms with Crippen molar-refractivity contribution in [3.63, 3.8) is 0 Å². The number of fused-ring (bicyclic) bond motifs is 11. The van der Waals surface area contributed by atoms with E-state index >= 15 is 0 Å². The van der Waals surface area contributed by atoms with Crippen molar-refractivity contribution < 1.29 is 0 Å². The van der Waals surface area contributed by atoms with Gasteiger partial charge in [0, 0.05) is 27.9 Å². The summed E-state index contributed by atoms with van der Waals surface area (Å²) in [6.45, 7) is 9.61. The molecule has 0 aromatic heterocycles. The molecule has 0 N–H and O–H groups in total. The summed E-state index contributed by atoms with van der Waals surface area (Å²) in [6.07, 6.45) is 7.07. The van der Waals surface area contributed by atoms with E-state index in [1.165, 1.54) is 94.6 Å². The predicted octanol–water partition coefficient (Wildman–Crippen LogP) is 17.7. The minimum absolute atomic E-state index is 0.0459. The van der Waals surface area contributed by atoms with Crippen LogP contribution in [0.2, 0.25) is 0 Å². The van der Waals surface area contributed by atoms with E-state index in [4.69, 9.17) is 0 Å². The number of benzene rings is 9. The Hall–Kier alpha value is -7.74. The van der Waals surface area contributed by atoms with Crippen molar-refractivity contribution in [2.45, 2.75) is 56.8 Å². The fraction of sp³-hybridized carbons (Fsp3) is 0.134. The van der Waals surface area contributed by atoms with Gasteiger partial charge < -0.3 is 4.90 Å². The molecule has 326 valence electrons. The molecule has 13 rings (SSSR count). The van der Waals surface area contributed by atoms with Crippen LogP contribution in [0, 0.1) is 0 Å². The lowest BCUT2D eigenvalue weighted by atomic mass is 9.54. The van der Waals surface area contributed by atoms with Crippen LogP contribution in [0.4, 0.5) is 17.1 Å². The standard InChI is InChI=1S/C67H53N/c1-65(2)57-23-10-8-21-53(57)55-40-38-52(43-63(55)65)68(50-34-29-45(30-35-50)44-17-6-5-7-18-44)51-36-31-46(32-37-51)47-19-16-20-48(41-47)49-33-39-56-54-22-9-11-24-58(54)67(64(56)42-49)61-27-14-12-25-59(61)66(3,4)60-26-13-15-28-62(60)67/h5-12,14-25,27-43H,13,26H2,1-4H3. The van der Waals surface area contributed by atoms with E-state index in [1.807, 2.05) is 0 Å². The minimum Gasteiger partial charge on any atom is -0.310 e. The first-order valence-electron chi connectivity index (χ1n) is 24.4. The second-order valence-electron chi connectivity index (χ2n) is 20.3. The molecule has 0 saturated heterocycles. The zero-order valence-corrected chi connectivity index (χ0v) is 39.2.